The van der Waals surface area contributed by atoms with Crippen LogP contribution in [-0.4, -0.2) is 31.1 Å². The Bertz CT molecular complexity index is 930. The number of benzene rings is 3. The quantitative estimate of drug-likeness (QED) is 0.354. The highest BCUT2D eigenvalue weighted by molar-refractivity contribution is 5.98. The molecule has 3 aromatic carbocycles. The molecule has 1 fully saturated rings. The summed E-state index contributed by atoms with van der Waals surface area (Å²) in [5, 5.41) is 0. The summed E-state index contributed by atoms with van der Waals surface area (Å²) in [7, 11) is 0. The second-order valence-electron chi connectivity index (χ2n) is 8.26. The van der Waals surface area contributed by atoms with Gasteiger partial charge in [0.1, 0.15) is 12.4 Å². The summed E-state index contributed by atoms with van der Waals surface area (Å²) >= 11 is 0. The molecule has 1 saturated heterocycles. The van der Waals surface area contributed by atoms with Gasteiger partial charge in [0.15, 0.2) is 0 Å². The Morgan fingerprint density at radius 1 is 0.774 bits per heavy atom. The molecular formula is C29H33NO. The van der Waals surface area contributed by atoms with E-state index in [2.05, 4.69) is 96.8 Å². The van der Waals surface area contributed by atoms with Crippen molar-refractivity contribution < 1.29 is 4.74 Å². The van der Waals surface area contributed by atoms with Gasteiger partial charge in [0, 0.05) is 6.54 Å². The van der Waals surface area contributed by atoms with Crippen molar-refractivity contribution in [2.45, 2.75) is 32.6 Å². The largest absolute Gasteiger partial charge is 0.492 e. The van der Waals surface area contributed by atoms with Crippen LogP contribution < -0.4 is 4.74 Å². The normalized spacial score (nSPS) is 13.8. The van der Waals surface area contributed by atoms with Crippen molar-refractivity contribution in [1.82, 2.24) is 4.90 Å². The molecule has 0 bridgehead atoms. The number of allylic oxidation sites excluding steroid dienone is 1. The topological polar surface area (TPSA) is 12.5 Å². The Morgan fingerprint density at radius 2 is 1.39 bits per heavy atom. The number of hydrogen-bond acceptors (Lipinski definition) is 2. The minimum Gasteiger partial charge on any atom is -0.492 e. The van der Waals surface area contributed by atoms with Gasteiger partial charge in [-0.2, -0.15) is 0 Å². The van der Waals surface area contributed by atoms with Gasteiger partial charge in [0.05, 0.1) is 0 Å². The van der Waals surface area contributed by atoms with Crippen molar-refractivity contribution in [3.05, 3.63) is 102 Å². The maximum absolute atomic E-state index is 6.16. The van der Waals surface area contributed by atoms with Crippen LogP contribution in [0.3, 0.4) is 0 Å². The summed E-state index contributed by atoms with van der Waals surface area (Å²) in [5.74, 6) is 0.964. The molecule has 1 heterocycles. The molecule has 0 atom stereocenters. The van der Waals surface area contributed by atoms with E-state index < -0.39 is 0 Å². The Morgan fingerprint density at radius 3 is 2.00 bits per heavy atom. The van der Waals surface area contributed by atoms with Gasteiger partial charge in [-0.3, -0.25) is 4.90 Å². The Balaban J connectivity index is 1.67. The summed E-state index contributed by atoms with van der Waals surface area (Å²) in [6, 6.07) is 30.2. The van der Waals surface area contributed by atoms with E-state index in [0.717, 1.165) is 31.7 Å². The highest BCUT2D eigenvalue weighted by Gasteiger charge is 2.15. The van der Waals surface area contributed by atoms with Crippen LogP contribution in [-0.2, 0) is 0 Å². The van der Waals surface area contributed by atoms with Crippen molar-refractivity contribution in [2.75, 3.05) is 26.2 Å². The van der Waals surface area contributed by atoms with Crippen LogP contribution in [0.25, 0.3) is 11.1 Å². The summed E-state index contributed by atoms with van der Waals surface area (Å²) in [5.41, 5.74) is 6.47. The molecule has 2 heteroatoms. The van der Waals surface area contributed by atoms with Crippen LogP contribution in [0, 0.1) is 0 Å². The lowest BCUT2D eigenvalue weighted by atomic mass is 9.87. The minimum atomic E-state index is 0.751. The third kappa shape index (κ3) is 5.65. The van der Waals surface area contributed by atoms with Crippen LogP contribution in [0.4, 0.5) is 0 Å². The zero-order valence-corrected chi connectivity index (χ0v) is 18.6. The SMILES string of the molecule is CCCC(=C(c1ccccc1)c1ccccc1)c1cccc(OCCN2CCCC2)c1. The molecule has 160 valence electrons. The number of rotatable bonds is 9. The van der Waals surface area contributed by atoms with Crippen LogP contribution >= 0.6 is 0 Å². The summed E-state index contributed by atoms with van der Waals surface area (Å²) < 4.78 is 6.16. The number of likely N-dealkylation sites (tertiary alicyclic amines) is 1. The van der Waals surface area contributed by atoms with Gasteiger partial charge in [-0.1, -0.05) is 86.1 Å². The van der Waals surface area contributed by atoms with E-state index in [0.29, 0.717) is 0 Å². The van der Waals surface area contributed by atoms with Crippen molar-refractivity contribution in [3.8, 4) is 5.75 Å². The zero-order chi connectivity index (χ0) is 21.3. The van der Waals surface area contributed by atoms with E-state index in [9.17, 15) is 0 Å². The molecule has 0 amide bonds. The lowest BCUT2D eigenvalue weighted by Crippen LogP contribution is -2.25. The first kappa shape index (κ1) is 21.4. The summed E-state index contributed by atoms with van der Waals surface area (Å²) in [4.78, 5) is 2.50. The molecule has 4 rings (SSSR count). The lowest BCUT2D eigenvalue weighted by molar-refractivity contribution is 0.238. The fourth-order valence-corrected chi connectivity index (χ4v) is 4.46. The van der Waals surface area contributed by atoms with Crippen LogP contribution in [0.15, 0.2) is 84.9 Å². The molecule has 0 spiro atoms. The van der Waals surface area contributed by atoms with Gasteiger partial charge in [-0.25, -0.2) is 0 Å². The van der Waals surface area contributed by atoms with Gasteiger partial charge in [0.25, 0.3) is 0 Å². The molecule has 31 heavy (non-hydrogen) atoms. The van der Waals surface area contributed by atoms with Gasteiger partial charge in [0.2, 0.25) is 0 Å². The van der Waals surface area contributed by atoms with E-state index in [1.54, 1.807) is 0 Å². The number of ether oxygens (including phenoxy) is 1. The van der Waals surface area contributed by atoms with Gasteiger partial charge < -0.3 is 4.74 Å². The Labute approximate surface area is 187 Å². The predicted molar refractivity (Wildman–Crippen MR) is 131 cm³/mol. The molecule has 0 aliphatic carbocycles. The van der Waals surface area contributed by atoms with Gasteiger partial charge in [-0.15, -0.1) is 0 Å². The summed E-state index contributed by atoms with van der Waals surface area (Å²) in [6.45, 7) is 6.44. The van der Waals surface area contributed by atoms with Crippen LogP contribution in [0.5, 0.6) is 5.75 Å². The number of hydrogen-bond donors (Lipinski definition) is 0. The third-order valence-electron chi connectivity index (χ3n) is 5.98. The molecular weight excluding hydrogens is 378 g/mol. The van der Waals surface area contributed by atoms with E-state index in [4.69, 9.17) is 4.74 Å². The van der Waals surface area contributed by atoms with Gasteiger partial charge >= 0.3 is 0 Å². The monoisotopic (exact) mass is 411 g/mol. The highest BCUT2D eigenvalue weighted by Crippen LogP contribution is 2.36. The molecule has 3 aromatic rings. The highest BCUT2D eigenvalue weighted by atomic mass is 16.5. The molecule has 0 aromatic heterocycles. The lowest BCUT2D eigenvalue weighted by Gasteiger charge is -2.18. The van der Waals surface area contributed by atoms with Gasteiger partial charge in [-0.05, 0) is 72.3 Å². The van der Waals surface area contributed by atoms with Crippen LogP contribution in [0.2, 0.25) is 0 Å². The molecule has 0 N–H and O–H groups in total. The standard InChI is InChI=1S/C29H33NO/c1-2-12-28(29(24-13-5-3-6-14-24)25-15-7-4-8-16-25)26-17-11-18-27(23-26)31-22-21-30-19-9-10-20-30/h3-8,11,13-18,23H,2,9-10,12,19-22H2,1H3. The molecule has 0 radical (unpaired) electrons. The average molecular weight is 412 g/mol. The Kier molecular flexibility index (Phi) is 7.57. The van der Waals surface area contributed by atoms with E-state index >= 15 is 0 Å². The molecule has 0 unspecified atom stereocenters. The fraction of sp³-hybridized carbons (Fsp3) is 0.310. The van der Waals surface area contributed by atoms with Crippen molar-refractivity contribution in [3.63, 3.8) is 0 Å². The second-order valence-corrected chi connectivity index (χ2v) is 8.26. The zero-order valence-electron chi connectivity index (χ0n) is 18.6. The summed E-state index contributed by atoms with van der Waals surface area (Å²) in [6.07, 6.45) is 4.76. The van der Waals surface area contributed by atoms with Crippen LogP contribution in [0.1, 0.15) is 49.3 Å². The van der Waals surface area contributed by atoms with Crippen molar-refractivity contribution in [1.29, 1.82) is 0 Å². The minimum absolute atomic E-state index is 0.751. The first-order valence-electron chi connectivity index (χ1n) is 11.6. The third-order valence-corrected chi connectivity index (χ3v) is 5.98. The number of nitrogens with zero attached hydrogens (tertiary/aromatic N) is 1. The molecule has 0 saturated carbocycles. The smallest absolute Gasteiger partial charge is 0.119 e. The second kappa shape index (κ2) is 11.0. The van der Waals surface area contributed by atoms with Crippen molar-refractivity contribution >= 4 is 11.1 Å². The Hall–Kier alpha value is -2.84. The fourth-order valence-electron chi connectivity index (χ4n) is 4.46. The van der Waals surface area contributed by atoms with Crippen molar-refractivity contribution in [2.24, 2.45) is 0 Å². The first-order valence-corrected chi connectivity index (χ1v) is 11.6. The molecule has 1 aliphatic rings. The predicted octanol–water partition coefficient (Wildman–Crippen LogP) is 6.92. The maximum atomic E-state index is 6.16. The maximum Gasteiger partial charge on any atom is 0.119 e. The van der Waals surface area contributed by atoms with E-state index in [1.165, 1.54) is 53.8 Å². The molecule has 2 nitrogen and oxygen atoms in total. The van der Waals surface area contributed by atoms with E-state index in [1.807, 2.05) is 0 Å². The first-order chi connectivity index (χ1) is 15.3. The average Bonchev–Trinajstić information content (AvgIpc) is 3.34. The molecule has 1 aliphatic heterocycles. The van der Waals surface area contributed by atoms with E-state index in [-0.39, 0.29) is 0 Å².